The smallest absolute Gasteiger partial charge is 0.166 e. The van der Waals surface area contributed by atoms with E-state index < -0.39 is 0 Å². The van der Waals surface area contributed by atoms with Crippen LogP contribution in [0.15, 0.2) is 24.4 Å². The molecular weight excluding hydrogens is 244 g/mol. The maximum atomic E-state index is 10.7. The van der Waals surface area contributed by atoms with Crippen molar-refractivity contribution in [3.05, 3.63) is 35.8 Å². The molecule has 0 bridgehead atoms. The summed E-state index contributed by atoms with van der Waals surface area (Å²) in [5, 5.41) is 14.8. The molecule has 3 heterocycles. The van der Waals surface area contributed by atoms with Gasteiger partial charge >= 0.3 is 0 Å². The van der Waals surface area contributed by atoms with Gasteiger partial charge in [-0.3, -0.25) is 9.89 Å². The number of carbonyl (C=O) groups is 1. The Balaban J connectivity index is 0.000000637. The number of rotatable bonds is 2. The number of aliphatic hydroxyl groups is 1. The van der Waals surface area contributed by atoms with Gasteiger partial charge in [-0.25, -0.2) is 4.98 Å². The summed E-state index contributed by atoms with van der Waals surface area (Å²) in [6.45, 7) is 1.94. The Hall–Kier alpha value is -2.47. The van der Waals surface area contributed by atoms with Crippen molar-refractivity contribution in [2.45, 2.75) is 6.92 Å². The van der Waals surface area contributed by atoms with Crippen molar-refractivity contribution in [1.82, 2.24) is 20.2 Å². The highest BCUT2D eigenvalue weighted by Crippen LogP contribution is 2.22. The van der Waals surface area contributed by atoms with Crippen LogP contribution in [-0.4, -0.2) is 38.7 Å². The molecule has 0 aromatic carbocycles. The Labute approximate surface area is 109 Å². The fourth-order valence-electron chi connectivity index (χ4n) is 1.85. The van der Waals surface area contributed by atoms with Crippen LogP contribution < -0.4 is 0 Å². The standard InChI is InChI=1S/C12H10N4O.CH4O/c1-7-10(5-13-16-7)11-3-2-8-4-9(6-17)14-12(8)15-11;1-2/h2-6H,1H3,(H,13,16)(H,14,15);2H,1H3. The molecule has 0 saturated carbocycles. The van der Waals surface area contributed by atoms with Crippen molar-refractivity contribution in [3.63, 3.8) is 0 Å². The SMILES string of the molecule is CO.Cc1[nH]ncc1-c1ccc2cc(C=O)[nH]c2n1. The second-order valence-electron chi connectivity index (χ2n) is 3.89. The van der Waals surface area contributed by atoms with E-state index >= 15 is 0 Å². The van der Waals surface area contributed by atoms with E-state index in [1.807, 2.05) is 19.1 Å². The van der Waals surface area contributed by atoms with Crippen LogP contribution >= 0.6 is 0 Å². The molecule has 3 aromatic rings. The van der Waals surface area contributed by atoms with Crippen LogP contribution in [0.1, 0.15) is 16.2 Å². The third-order valence-electron chi connectivity index (χ3n) is 2.73. The summed E-state index contributed by atoms with van der Waals surface area (Å²) in [7, 11) is 1.00. The van der Waals surface area contributed by atoms with Crippen LogP contribution in [-0.2, 0) is 0 Å². The quantitative estimate of drug-likeness (QED) is 0.609. The summed E-state index contributed by atoms with van der Waals surface area (Å²) in [5.41, 5.74) is 4.02. The predicted octanol–water partition coefficient (Wildman–Crippen LogP) is 1.68. The number of aliphatic hydroxyl groups excluding tert-OH is 1. The van der Waals surface area contributed by atoms with Gasteiger partial charge in [0.15, 0.2) is 6.29 Å². The molecular formula is C13H14N4O2. The van der Waals surface area contributed by atoms with Crippen LogP contribution in [0.5, 0.6) is 0 Å². The van der Waals surface area contributed by atoms with Crippen LogP contribution in [0.3, 0.4) is 0 Å². The number of aromatic amines is 2. The number of nitrogens with one attached hydrogen (secondary N) is 2. The molecule has 19 heavy (non-hydrogen) atoms. The van der Waals surface area contributed by atoms with Gasteiger partial charge in [0.05, 0.1) is 17.6 Å². The highest BCUT2D eigenvalue weighted by Gasteiger charge is 2.07. The average molecular weight is 258 g/mol. The molecule has 0 amide bonds. The zero-order valence-corrected chi connectivity index (χ0v) is 10.6. The molecule has 0 spiro atoms. The minimum absolute atomic E-state index is 0.536. The van der Waals surface area contributed by atoms with Crippen molar-refractivity contribution in [1.29, 1.82) is 0 Å². The van der Waals surface area contributed by atoms with Gasteiger partial charge in [0.1, 0.15) is 5.65 Å². The van der Waals surface area contributed by atoms with Gasteiger partial charge in [-0.1, -0.05) is 0 Å². The van der Waals surface area contributed by atoms with Gasteiger partial charge < -0.3 is 10.1 Å². The molecule has 3 N–H and O–H groups in total. The molecule has 98 valence electrons. The Morgan fingerprint density at radius 2 is 2.11 bits per heavy atom. The lowest BCUT2D eigenvalue weighted by molar-refractivity contribution is 0.111. The number of nitrogens with zero attached hydrogens (tertiary/aromatic N) is 2. The average Bonchev–Trinajstić information content (AvgIpc) is 3.05. The summed E-state index contributed by atoms with van der Waals surface area (Å²) in [5.74, 6) is 0. The zero-order valence-electron chi connectivity index (χ0n) is 10.6. The second kappa shape index (κ2) is 5.45. The zero-order chi connectivity index (χ0) is 13.8. The molecule has 3 aromatic heterocycles. The van der Waals surface area contributed by atoms with E-state index in [9.17, 15) is 4.79 Å². The molecule has 3 rings (SSSR count). The van der Waals surface area contributed by atoms with Gasteiger partial charge in [-0.15, -0.1) is 0 Å². The number of H-pyrrole nitrogens is 2. The van der Waals surface area contributed by atoms with E-state index in [4.69, 9.17) is 5.11 Å². The van der Waals surface area contributed by atoms with E-state index in [2.05, 4.69) is 20.2 Å². The number of aryl methyl sites for hydroxylation is 1. The molecule has 0 unspecified atom stereocenters. The third-order valence-corrected chi connectivity index (χ3v) is 2.73. The first-order chi connectivity index (χ1) is 9.28. The first kappa shape index (κ1) is 13.0. The van der Waals surface area contributed by atoms with Gasteiger partial charge in [0.25, 0.3) is 0 Å². The van der Waals surface area contributed by atoms with Crippen molar-refractivity contribution < 1.29 is 9.90 Å². The Morgan fingerprint density at radius 1 is 1.32 bits per heavy atom. The number of hydrogen-bond acceptors (Lipinski definition) is 4. The molecule has 0 fully saturated rings. The maximum absolute atomic E-state index is 10.7. The monoisotopic (exact) mass is 258 g/mol. The number of carbonyl (C=O) groups excluding carboxylic acids is 1. The van der Waals surface area contributed by atoms with Crippen LogP contribution in [0.25, 0.3) is 22.3 Å². The minimum Gasteiger partial charge on any atom is -0.400 e. The Morgan fingerprint density at radius 3 is 2.74 bits per heavy atom. The molecule has 6 heteroatoms. The molecule has 0 aliphatic rings. The normalized spacial score (nSPS) is 10.1. The van der Waals surface area contributed by atoms with E-state index in [1.54, 1.807) is 12.3 Å². The first-order valence-corrected chi connectivity index (χ1v) is 5.68. The Kier molecular flexibility index (Phi) is 3.72. The van der Waals surface area contributed by atoms with Crippen LogP contribution in [0.2, 0.25) is 0 Å². The number of aldehydes is 1. The summed E-state index contributed by atoms with van der Waals surface area (Å²) >= 11 is 0. The largest absolute Gasteiger partial charge is 0.400 e. The highest BCUT2D eigenvalue weighted by molar-refractivity contribution is 5.87. The number of hydrogen-bond donors (Lipinski definition) is 3. The molecule has 0 saturated heterocycles. The summed E-state index contributed by atoms with van der Waals surface area (Å²) in [6, 6.07) is 5.64. The van der Waals surface area contributed by atoms with E-state index in [1.165, 1.54) is 0 Å². The molecule has 0 radical (unpaired) electrons. The number of fused-ring (bicyclic) bond motifs is 1. The molecule has 0 atom stereocenters. The maximum Gasteiger partial charge on any atom is 0.166 e. The van der Waals surface area contributed by atoms with E-state index in [-0.39, 0.29) is 0 Å². The van der Waals surface area contributed by atoms with Crippen LogP contribution in [0.4, 0.5) is 0 Å². The number of pyridine rings is 1. The fraction of sp³-hybridized carbons (Fsp3) is 0.154. The lowest BCUT2D eigenvalue weighted by Gasteiger charge is -1.98. The van der Waals surface area contributed by atoms with E-state index in [0.29, 0.717) is 11.3 Å². The van der Waals surface area contributed by atoms with Gasteiger partial charge in [0.2, 0.25) is 0 Å². The Bertz CT molecular complexity index is 700. The molecule has 0 aliphatic heterocycles. The minimum atomic E-state index is 0.536. The van der Waals surface area contributed by atoms with Gasteiger partial charge in [0, 0.05) is 23.8 Å². The lowest BCUT2D eigenvalue weighted by Crippen LogP contribution is -1.85. The van der Waals surface area contributed by atoms with Crippen molar-refractivity contribution in [2.24, 2.45) is 0 Å². The van der Waals surface area contributed by atoms with Gasteiger partial charge in [-0.2, -0.15) is 5.10 Å². The summed E-state index contributed by atoms with van der Waals surface area (Å²) in [6.07, 6.45) is 2.53. The predicted molar refractivity (Wildman–Crippen MR) is 71.9 cm³/mol. The van der Waals surface area contributed by atoms with Crippen molar-refractivity contribution in [3.8, 4) is 11.3 Å². The van der Waals surface area contributed by atoms with E-state index in [0.717, 1.165) is 35.7 Å². The molecule has 0 aliphatic carbocycles. The first-order valence-electron chi connectivity index (χ1n) is 5.68. The summed E-state index contributed by atoms with van der Waals surface area (Å²) < 4.78 is 0. The van der Waals surface area contributed by atoms with Gasteiger partial charge in [-0.05, 0) is 25.1 Å². The lowest BCUT2D eigenvalue weighted by atomic mass is 10.1. The fourth-order valence-corrected chi connectivity index (χ4v) is 1.85. The third kappa shape index (κ3) is 2.38. The number of aromatic nitrogens is 4. The summed E-state index contributed by atoms with van der Waals surface area (Å²) in [4.78, 5) is 18.1. The topological polar surface area (TPSA) is 94.7 Å². The van der Waals surface area contributed by atoms with Crippen LogP contribution in [0, 0.1) is 6.92 Å². The second-order valence-corrected chi connectivity index (χ2v) is 3.89. The van der Waals surface area contributed by atoms with Crippen molar-refractivity contribution >= 4 is 17.3 Å². The highest BCUT2D eigenvalue weighted by atomic mass is 16.2. The molecule has 6 nitrogen and oxygen atoms in total. The van der Waals surface area contributed by atoms with Crippen molar-refractivity contribution in [2.75, 3.05) is 7.11 Å².